The third-order valence-electron chi connectivity index (χ3n) is 4.88. The molecule has 0 fully saturated rings. The lowest BCUT2D eigenvalue weighted by molar-refractivity contribution is 0.217. The molecular weight excluding hydrogens is 356 g/mol. The highest BCUT2D eigenvalue weighted by Crippen LogP contribution is 2.22. The fourth-order valence-corrected chi connectivity index (χ4v) is 3.31. The Bertz CT molecular complexity index is 1080. The summed E-state index contributed by atoms with van der Waals surface area (Å²) in [6, 6.07) is 27.8. The van der Waals surface area contributed by atoms with Gasteiger partial charge < -0.3 is 10.2 Å². The zero-order valence-electron chi connectivity index (χ0n) is 16.1. The fourth-order valence-electron chi connectivity index (χ4n) is 3.31. The molecule has 1 N–H and O–H groups in total. The number of anilines is 1. The Morgan fingerprint density at radius 3 is 2.24 bits per heavy atom. The molecule has 0 saturated carbocycles. The number of nitrogens with zero attached hydrogens (tertiary/aromatic N) is 1. The van der Waals surface area contributed by atoms with Crippen molar-refractivity contribution >= 4 is 17.3 Å². The van der Waals surface area contributed by atoms with Crippen LogP contribution in [0.1, 0.15) is 23.1 Å². The maximum absolute atomic E-state index is 12.7. The molecular formula is C26H22N2O. The van der Waals surface area contributed by atoms with Crippen molar-refractivity contribution in [2.75, 3.05) is 18.4 Å². The van der Waals surface area contributed by atoms with Gasteiger partial charge in [0.05, 0.1) is 0 Å². The van der Waals surface area contributed by atoms with Crippen LogP contribution in [-0.4, -0.2) is 24.0 Å². The number of urea groups is 1. The van der Waals surface area contributed by atoms with Gasteiger partial charge in [0.1, 0.15) is 0 Å². The van der Waals surface area contributed by atoms with E-state index in [2.05, 4.69) is 35.4 Å². The molecule has 0 aliphatic carbocycles. The number of benzene rings is 3. The second-order valence-electron chi connectivity index (χ2n) is 6.92. The maximum atomic E-state index is 12.7. The SMILES string of the molecule is O=C(Nc1cccc(C#Cc2ccccc2)c1)N1CC=C(c2ccccc2)CC1. The average Bonchev–Trinajstić information content (AvgIpc) is 2.79. The number of carbonyl (C=O) groups excluding carboxylic acids is 1. The van der Waals surface area contributed by atoms with Crippen molar-refractivity contribution in [3.05, 3.63) is 108 Å². The molecule has 0 unspecified atom stereocenters. The first-order valence-electron chi connectivity index (χ1n) is 9.75. The molecule has 0 saturated heterocycles. The Kier molecular flexibility index (Phi) is 5.73. The maximum Gasteiger partial charge on any atom is 0.322 e. The summed E-state index contributed by atoms with van der Waals surface area (Å²) in [6.45, 7) is 1.32. The van der Waals surface area contributed by atoms with Gasteiger partial charge in [0, 0.05) is 29.9 Å². The molecule has 2 amide bonds. The standard InChI is InChI=1S/C26H22N2O/c29-26(28-18-16-24(17-19-28)23-11-5-2-6-12-23)27-25-13-7-10-22(20-25)15-14-21-8-3-1-4-9-21/h1-13,16,20H,17-19H2,(H,27,29). The number of hydrogen-bond donors (Lipinski definition) is 1. The first kappa shape index (κ1) is 18.6. The van der Waals surface area contributed by atoms with Crippen LogP contribution >= 0.6 is 0 Å². The van der Waals surface area contributed by atoms with Crippen molar-refractivity contribution in [2.24, 2.45) is 0 Å². The highest BCUT2D eigenvalue weighted by atomic mass is 16.2. The van der Waals surface area contributed by atoms with Gasteiger partial charge in [0.25, 0.3) is 0 Å². The molecule has 3 aromatic rings. The molecule has 29 heavy (non-hydrogen) atoms. The molecule has 142 valence electrons. The Labute approximate surface area is 171 Å². The van der Waals surface area contributed by atoms with Gasteiger partial charge in [-0.15, -0.1) is 0 Å². The van der Waals surface area contributed by atoms with E-state index in [1.807, 2.05) is 77.7 Å². The molecule has 0 radical (unpaired) electrons. The molecule has 1 aliphatic heterocycles. The van der Waals surface area contributed by atoms with Crippen molar-refractivity contribution in [1.29, 1.82) is 0 Å². The molecule has 0 atom stereocenters. The van der Waals surface area contributed by atoms with Gasteiger partial charge in [-0.25, -0.2) is 4.79 Å². The van der Waals surface area contributed by atoms with Crippen LogP contribution in [0.5, 0.6) is 0 Å². The summed E-state index contributed by atoms with van der Waals surface area (Å²) >= 11 is 0. The molecule has 0 spiro atoms. The van der Waals surface area contributed by atoms with Gasteiger partial charge in [-0.05, 0) is 47.9 Å². The zero-order valence-corrected chi connectivity index (χ0v) is 16.1. The quantitative estimate of drug-likeness (QED) is 0.594. The second kappa shape index (κ2) is 8.95. The smallest absolute Gasteiger partial charge is 0.320 e. The van der Waals surface area contributed by atoms with E-state index >= 15 is 0 Å². The Morgan fingerprint density at radius 1 is 0.828 bits per heavy atom. The number of carbonyl (C=O) groups is 1. The summed E-state index contributed by atoms with van der Waals surface area (Å²) < 4.78 is 0. The van der Waals surface area contributed by atoms with E-state index in [4.69, 9.17) is 0 Å². The van der Waals surface area contributed by atoms with Crippen LogP contribution in [-0.2, 0) is 0 Å². The van der Waals surface area contributed by atoms with E-state index in [0.717, 1.165) is 23.2 Å². The number of rotatable bonds is 2. The van der Waals surface area contributed by atoms with Gasteiger partial charge in [-0.3, -0.25) is 0 Å². The van der Waals surface area contributed by atoms with Crippen molar-refractivity contribution in [1.82, 2.24) is 4.90 Å². The monoisotopic (exact) mass is 378 g/mol. The zero-order chi connectivity index (χ0) is 19.9. The first-order chi connectivity index (χ1) is 14.3. The molecule has 3 nitrogen and oxygen atoms in total. The second-order valence-corrected chi connectivity index (χ2v) is 6.92. The molecule has 1 heterocycles. The minimum Gasteiger partial charge on any atom is -0.320 e. The van der Waals surface area contributed by atoms with Gasteiger partial charge in [0.2, 0.25) is 0 Å². The van der Waals surface area contributed by atoms with Crippen molar-refractivity contribution in [3.63, 3.8) is 0 Å². The van der Waals surface area contributed by atoms with Gasteiger partial charge in [-0.1, -0.05) is 72.5 Å². The van der Waals surface area contributed by atoms with E-state index in [0.29, 0.717) is 13.1 Å². The summed E-state index contributed by atoms with van der Waals surface area (Å²) in [7, 11) is 0. The molecule has 0 aromatic heterocycles. The highest BCUT2D eigenvalue weighted by Gasteiger charge is 2.17. The molecule has 0 bridgehead atoms. The van der Waals surface area contributed by atoms with E-state index < -0.39 is 0 Å². The summed E-state index contributed by atoms with van der Waals surface area (Å²) in [5, 5.41) is 2.99. The van der Waals surface area contributed by atoms with E-state index in [1.54, 1.807) is 0 Å². The number of hydrogen-bond acceptors (Lipinski definition) is 1. The lowest BCUT2D eigenvalue weighted by atomic mass is 10.00. The van der Waals surface area contributed by atoms with Crippen LogP contribution in [0, 0.1) is 11.8 Å². The Hall–Kier alpha value is -3.77. The lowest BCUT2D eigenvalue weighted by Gasteiger charge is -2.27. The van der Waals surface area contributed by atoms with Crippen LogP contribution < -0.4 is 5.32 Å². The van der Waals surface area contributed by atoms with E-state index in [-0.39, 0.29) is 6.03 Å². The minimum atomic E-state index is -0.0819. The Morgan fingerprint density at radius 2 is 1.52 bits per heavy atom. The van der Waals surface area contributed by atoms with E-state index in [1.165, 1.54) is 11.1 Å². The summed E-state index contributed by atoms with van der Waals surface area (Å²) in [6.07, 6.45) is 3.00. The molecule has 3 heteroatoms. The molecule has 4 rings (SSSR count). The van der Waals surface area contributed by atoms with Crippen LogP contribution in [0.2, 0.25) is 0 Å². The lowest BCUT2D eigenvalue weighted by Crippen LogP contribution is -2.37. The first-order valence-corrected chi connectivity index (χ1v) is 9.75. The van der Waals surface area contributed by atoms with Crippen molar-refractivity contribution in [3.8, 4) is 11.8 Å². The van der Waals surface area contributed by atoms with Crippen LogP contribution in [0.4, 0.5) is 10.5 Å². The normalized spacial score (nSPS) is 13.1. The van der Waals surface area contributed by atoms with Crippen molar-refractivity contribution < 1.29 is 4.79 Å². The van der Waals surface area contributed by atoms with Gasteiger partial charge in [-0.2, -0.15) is 0 Å². The molecule has 1 aliphatic rings. The average molecular weight is 378 g/mol. The predicted octanol–water partition coefficient (Wildman–Crippen LogP) is 5.41. The van der Waals surface area contributed by atoms with Crippen LogP contribution in [0.25, 0.3) is 5.57 Å². The molecule has 3 aromatic carbocycles. The van der Waals surface area contributed by atoms with Gasteiger partial charge >= 0.3 is 6.03 Å². The Balaban J connectivity index is 1.39. The van der Waals surface area contributed by atoms with E-state index in [9.17, 15) is 4.79 Å². The highest BCUT2D eigenvalue weighted by molar-refractivity contribution is 5.90. The summed E-state index contributed by atoms with van der Waals surface area (Å²) in [5.41, 5.74) is 5.13. The number of nitrogens with one attached hydrogen (secondary N) is 1. The number of amides is 2. The minimum absolute atomic E-state index is 0.0819. The summed E-state index contributed by atoms with van der Waals surface area (Å²) in [5.74, 6) is 6.30. The predicted molar refractivity (Wildman–Crippen MR) is 118 cm³/mol. The van der Waals surface area contributed by atoms with Gasteiger partial charge in [0.15, 0.2) is 0 Å². The van der Waals surface area contributed by atoms with Crippen molar-refractivity contribution in [2.45, 2.75) is 6.42 Å². The largest absolute Gasteiger partial charge is 0.322 e. The summed E-state index contributed by atoms with van der Waals surface area (Å²) in [4.78, 5) is 14.5. The fraction of sp³-hybridized carbons (Fsp3) is 0.115. The third kappa shape index (κ3) is 4.94. The van der Waals surface area contributed by atoms with Crippen LogP contribution in [0.15, 0.2) is 91.0 Å². The topological polar surface area (TPSA) is 32.3 Å². The third-order valence-corrected chi connectivity index (χ3v) is 4.88. The van der Waals surface area contributed by atoms with Crippen LogP contribution in [0.3, 0.4) is 0 Å².